The van der Waals surface area contributed by atoms with Crippen LogP contribution in [-0.2, 0) is 4.79 Å². The third kappa shape index (κ3) is 2.51. The van der Waals surface area contributed by atoms with E-state index in [2.05, 4.69) is 10.3 Å². The first kappa shape index (κ1) is 12.6. The van der Waals surface area contributed by atoms with Crippen molar-refractivity contribution in [3.8, 4) is 16.2 Å². The largest absolute Gasteiger partial charge is 0.496 e. The number of methoxy groups -OCH3 is 1. The van der Waals surface area contributed by atoms with E-state index in [0.717, 1.165) is 21.9 Å². The van der Waals surface area contributed by atoms with Crippen LogP contribution in [-0.4, -0.2) is 18.0 Å². The van der Waals surface area contributed by atoms with E-state index in [4.69, 9.17) is 4.74 Å². The number of ether oxygens (including phenoxy) is 1. The molecule has 1 amide bonds. The van der Waals surface area contributed by atoms with Crippen LogP contribution in [0, 0.1) is 6.92 Å². The van der Waals surface area contributed by atoms with E-state index in [9.17, 15) is 4.79 Å². The molecule has 1 aromatic heterocycles. The van der Waals surface area contributed by atoms with Crippen LogP contribution >= 0.6 is 11.3 Å². The number of para-hydroxylation sites is 1. The first-order chi connectivity index (χ1) is 8.61. The average Bonchev–Trinajstić information content (AvgIpc) is 2.69. The molecule has 18 heavy (non-hydrogen) atoms. The first-order valence-corrected chi connectivity index (χ1v) is 6.32. The van der Waals surface area contributed by atoms with E-state index in [1.54, 1.807) is 7.11 Å². The molecule has 0 fully saturated rings. The number of aryl methyl sites for hydroxylation is 1. The number of carbonyl (C=O) groups excluding carboxylic acids is 1. The molecule has 1 N–H and O–H groups in total. The lowest BCUT2D eigenvalue weighted by atomic mass is 10.1. The van der Waals surface area contributed by atoms with Crippen molar-refractivity contribution in [3.63, 3.8) is 0 Å². The number of aromatic nitrogens is 1. The summed E-state index contributed by atoms with van der Waals surface area (Å²) in [5.74, 6) is 0.689. The quantitative estimate of drug-likeness (QED) is 0.924. The van der Waals surface area contributed by atoms with Crippen LogP contribution in [0.5, 0.6) is 5.75 Å². The van der Waals surface area contributed by atoms with Crippen molar-refractivity contribution < 1.29 is 9.53 Å². The number of hydrogen-bond acceptors (Lipinski definition) is 4. The third-order valence-corrected chi connectivity index (χ3v) is 3.54. The second-order valence-electron chi connectivity index (χ2n) is 3.82. The number of carbonyl (C=O) groups is 1. The van der Waals surface area contributed by atoms with Crippen LogP contribution < -0.4 is 10.1 Å². The molecule has 0 radical (unpaired) electrons. The summed E-state index contributed by atoms with van der Waals surface area (Å²) in [7, 11) is 1.64. The first-order valence-electron chi connectivity index (χ1n) is 5.50. The third-order valence-electron chi connectivity index (χ3n) is 2.43. The fraction of sp³-hybridized carbons (Fsp3) is 0.231. The Morgan fingerprint density at radius 2 is 2.11 bits per heavy atom. The summed E-state index contributed by atoms with van der Waals surface area (Å²) in [6, 6.07) is 7.77. The highest BCUT2D eigenvalue weighted by atomic mass is 32.1. The van der Waals surface area contributed by atoms with Gasteiger partial charge in [-0.25, -0.2) is 4.98 Å². The zero-order valence-electron chi connectivity index (χ0n) is 10.5. The van der Waals surface area contributed by atoms with Crippen molar-refractivity contribution in [2.45, 2.75) is 13.8 Å². The van der Waals surface area contributed by atoms with Gasteiger partial charge in [0.25, 0.3) is 0 Å². The fourth-order valence-electron chi connectivity index (χ4n) is 1.68. The Hall–Kier alpha value is -1.88. The van der Waals surface area contributed by atoms with Crippen molar-refractivity contribution in [1.82, 2.24) is 4.98 Å². The topological polar surface area (TPSA) is 51.2 Å². The number of anilines is 1. The van der Waals surface area contributed by atoms with Crippen LogP contribution in [0.3, 0.4) is 0 Å². The second-order valence-corrected chi connectivity index (χ2v) is 4.81. The van der Waals surface area contributed by atoms with Gasteiger partial charge in [-0.05, 0) is 19.1 Å². The van der Waals surface area contributed by atoms with Gasteiger partial charge < -0.3 is 10.1 Å². The maximum Gasteiger partial charge on any atom is 0.223 e. The van der Waals surface area contributed by atoms with E-state index >= 15 is 0 Å². The molecule has 4 nitrogen and oxygen atoms in total. The van der Waals surface area contributed by atoms with Gasteiger partial charge in [0.2, 0.25) is 5.91 Å². The van der Waals surface area contributed by atoms with E-state index in [0.29, 0.717) is 5.13 Å². The van der Waals surface area contributed by atoms with E-state index in [1.165, 1.54) is 18.3 Å². The van der Waals surface area contributed by atoms with E-state index in [-0.39, 0.29) is 5.91 Å². The van der Waals surface area contributed by atoms with Crippen molar-refractivity contribution in [1.29, 1.82) is 0 Å². The van der Waals surface area contributed by atoms with Gasteiger partial charge in [-0.3, -0.25) is 4.79 Å². The summed E-state index contributed by atoms with van der Waals surface area (Å²) < 4.78 is 5.34. The van der Waals surface area contributed by atoms with Gasteiger partial charge in [0.15, 0.2) is 5.13 Å². The molecule has 0 aliphatic heterocycles. The number of hydrogen-bond donors (Lipinski definition) is 1. The number of rotatable bonds is 3. The monoisotopic (exact) mass is 262 g/mol. The molecule has 2 rings (SSSR count). The zero-order chi connectivity index (χ0) is 13.1. The van der Waals surface area contributed by atoms with Gasteiger partial charge >= 0.3 is 0 Å². The molecular formula is C13H14N2O2S. The van der Waals surface area contributed by atoms with Crippen molar-refractivity contribution in [3.05, 3.63) is 30.0 Å². The van der Waals surface area contributed by atoms with Crippen molar-refractivity contribution in [2.24, 2.45) is 0 Å². The number of benzene rings is 1. The minimum Gasteiger partial charge on any atom is -0.496 e. The molecule has 94 valence electrons. The number of nitrogens with zero attached hydrogens (tertiary/aromatic N) is 1. The van der Waals surface area contributed by atoms with Gasteiger partial charge in [0.1, 0.15) is 5.75 Å². The van der Waals surface area contributed by atoms with Crippen LogP contribution in [0.15, 0.2) is 24.3 Å². The van der Waals surface area contributed by atoms with Gasteiger partial charge in [-0.1, -0.05) is 23.5 Å². The Labute approximate surface area is 110 Å². The van der Waals surface area contributed by atoms with Gasteiger partial charge in [0.05, 0.1) is 17.7 Å². The summed E-state index contributed by atoms with van der Waals surface area (Å²) in [4.78, 5) is 16.4. The van der Waals surface area contributed by atoms with Crippen LogP contribution in [0.25, 0.3) is 10.4 Å². The minimum absolute atomic E-state index is 0.115. The summed E-state index contributed by atoms with van der Waals surface area (Å²) in [6.07, 6.45) is 0. The Morgan fingerprint density at radius 1 is 1.39 bits per heavy atom. The van der Waals surface area contributed by atoms with Gasteiger partial charge in [0, 0.05) is 12.5 Å². The highest BCUT2D eigenvalue weighted by molar-refractivity contribution is 7.19. The summed E-state index contributed by atoms with van der Waals surface area (Å²) in [5.41, 5.74) is 1.87. The van der Waals surface area contributed by atoms with Crippen molar-refractivity contribution >= 4 is 22.4 Å². The normalized spacial score (nSPS) is 10.2. The molecule has 5 heteroatoms. The van der Waals surface area contributed by atoms with Crippen molar-refractivity contribution in [2.75, 3.05) is 12.4 Å². The van der Waals surface area contributed by atoms with Gasteiger partial charge in [-0.15, -0.1) is 0 Å². The van der Waals surface area contributed by atoms with Crippen LogP contribution in [0.4, 0.5) is 5.13 Å². The molecule has 1 heterocycles. The summed E-state index contributed by atoms with van der Waals surface area (Å²) in [6.45, 7) is 3.39. The minimum atomic E-state index is -0.115. The zero-order valence-corrected chi connectivity index (χ0v) is 11.3. The molecule has 0 aliphatic carbocycles. The molecule has 0 spiro atoms. The second kappa shape index (κ2) is 5.18. The fourth-order valence-corrected chi connectivity index (χ4v) is 2.73. The van der Waals surface area contributed by atoms with E-state index in [1.807, 2.05) is 31.2 Å². The van der Waals surface area contributed by atoms with Gasteiger partial charge in [-0.2, -0.15) is 0 Å². The molecule has 0 bridgehead atoms. The summed E-state index contributed by atoms with van der Waals surface area (Å²) >= 11 is 1.45. The molecule has 0 unspecified atom stereocenters. The molecule has 0 saturated carbocycles. The lowest BCUT2D eigenvalue weighted by Gasteiger charge is -2.06. The Balaban J connectivity index is 2.44. The highest BCUT2D eigenvalue weighted by Crippen LogP contribution is 2.37. The predicted octanol–water partition coefficient (Wildman–Crippen LogP) is 3.09. The molecule has 2 aromatic rings. The lowest BCUT2D eigenvalue weighted by molar-refractivity contribution is -0.114. The SMILES string of the molecule is COc1ccccc1-c1sc(NC(C)=O)nc1C. The maximum atomic E-state index is 11.0. The van der Waals surface area contributed by atoms with Crippen LogP contribution in [0.1, 0.15) is 12.6 Å². The predicted molar refractivity (Wildman–Crippen MR) is 73.1 cm³/mol. The molecule has 0 aliphatic rings. The molecule has 0 saturated heterocycles. The molecule has 1 aromatic carbocycles. The van der Waals surface area contributed by atoms with E-state index < -0.39 is 0 Å². The van der Waals surface area contributed by atoms with Crippen LogP contribution in [0.2, 0.25) is 0 Å². The standard InChI is InChI=1S/C13H14N2O2S/c1-8-12(18-13(14-8)15-9(2)16)10-6-4-5-7-11(10)17-3/h4-7H,1-3H3,(H,14,15,16). The number of thiazole rings is 1. The Morgan fingerprint density at radius 3 is 2.78 bits per heavy atom. The molecule has 0 atom stereocenters. The number of amides is 1. The average molecular weight is 262 g/mol. The lowest BCUT2D eigenvalue weighted by Crippen LogP contribution is -2.04. The highest BCUT2D eigenvalue weighted by Gasteiger charge is 2.13. The Kier molecular flexibility index (Phi) is 3.62. The smallest absolute Gasteiger partial charge is 0.223 e. The Bertz CT molecular complexity index is 578. The maximum absolute atomic E-state index is 11.0. The molecular weight excluding hydrogens is 248 g/mol. The number of nitrogens with one attached hydrogen (secondary N) is 1. The summed E-state index contributed by atoms with van der Waals surface area (Å²) in [5, 5.41) is 3.31.